The average molecular weight is 611 g/mol. The van der Waals surface area contributed by atoms with Gasteiger partial charge in [0.05, 0.1) is 13.2 Å². The van der Waals surface area contributed by atoms with E-state index in [0.29, 0.717) is 25.3 Å². The molecule has 0 unspecified atom stereocenters. The van der Waals surface area contributed by atoms with Gasteiger partial charge in [0.25, 0.3) is 6.47 Å². The van der Waals surface area contributed by atoms with E-state index in [1.54, 1.807) is 11.8 Å². The van der Waals surface area contributed by atoms with Gasteiger partial charge in [-0.3, -0.25) is 14.1 Å². The lowest BCUT2D eigenvalue weighted by atomic mass is 10.1. The highest BCUT2D eigenvalue weighted by Crippen LogP contribution is 2.36. The third-order valence-electron chi connectivity index (χ3n) is 6.88. The topological polar surface area (TPSA) is 119 Å². The monoisotopic (exact) mass is 610 g/mol. The number of rotatable bonds is 32. The minimum Gasteiger partial charge on any atom is -0.468 e. The average Bonchev–Trinajstić information content (AvgIpc) is 2.92. The Labute approximate surface area is 248 Å². The van der Waals surface area contributed by atoms with Gasteiger partial charge >= 0.3 is 13.8 Å². The van der Waals surface area contributed by atoms with Crippen LogP contribution in [-0.2, 0) is 28.2 Å². The Balaban J connectivity index is 3.84. The molecule has 2 N–H and O–H groups in total. The van der Waals surface area contributed by atoms with E-state index in [1.165, 1.54) is 89.9 Å². The summed E-state index contributed by atoms with van der Waals surface area (Å²) in [6.45, 7) is 2.99. The number of unbranched alkanes of at least 4 members (excludes halogenated alkanes) is 19. The summed E-state index contributed by atoms with van der Waals surface area (Å²) in [5, 5.41) is 0. The van der Waals surface area contributed by atoms with Crippen LogP contribution in [0.2, 0.25) is 0 Å². The summed E-state index contributed by atoms with van der Waals surface area (Å²) in [7, 11) is -4.60. The molecule has 0 fully saturated rings. The highest BCUT2D eigenvalue weighted by atomic mass is 32.2. The summed E-state index contributed by atoms with van der Waals surface area (Å²) in [4.78, 5) is 40.5. The molecule has 0 aliphatic heterocycles. The van der Waals surface area contributed by atoms with E-state index in [2.05, 4.69) is 16.2 Å². The quantitative estimate of drug-likeness (QED) is 0.0334. The van der Waals surface area contributed by atoms with E-state index in [4.69, 9.17) is 14.5 Å². The second-order valence-corrected chi connectivity index (χ2v) is 13.2. The minimum absolute atomic E-state index is 0.286. The number of esters is 1. The Morgan fingerprint density at radius 1 is 0.750 bits per heavy atom. The molecule has 40 heavy (non-hydrogen) atoms. The maximum Gasteiger partial charge on any atom is 0.469 e. The van der Waals surface area contributed by atoms with Crippen molar-refractivity contribution in [3.05, 3.63) is 0 Å². The van der Waals surface area contributed by atoms with Crippen LogP contribution >= 0.6 is 19.6 Å². The third kappa shape index (κ3) is 31.9. The Kier molecular flexibility index (Phi) is 29.4. The van der Waals surface area contributed by atoms with Crippen molar-refractivity contribution in [1.29, 1.82) is 0 Å². The maximum absolute atomic E-state index is 12.3. The second-order valence-electron chi connectivity index (χ2n) is 10.8. The molecule has 0 aromatic carbocycles. The van der Waals surface area contributed by atoms with Crippen molar-refractivity contribution >= 4 is 32.0 Å². The van der Waals surface area contributed by atoms with Crippen LogP contribution in [0.3, 0.4) is 0 Å². The molecule has 10 heteroatoms. The molecule has 0 spiro atoms. The number of phosphoric acid groups is 1. The molecule has 0 radical (unpaired) electrons. The van der Waals surface area contributed by atoms with Crippen molar-refractivity contribution in [3.63, 3.8) is 0 Å². The molecule has 0 saturated carbocycles. The normalized spacial score (nSPS) is 12.4. The van der Waals surface area contributed by atoms with Crippen molar-refractivity contribution in [2.45, 2.75) is 154 Å². The summed E-state index contributed by atoms with van der Waals surface area (Å²) in [6, 6.07) is 0. The van der Waals surface area contributed by atoms with Gasteiger partial charge in [-0.05, 0) is 25.0 Å². The summed E-state index contributed by atoms with van der Waals surface area (Å²) in [5.41, 5.74) is 0. The fraction of sp³-hybridized carbons (Fsp3) is 0.933. The molecule has 0 aromatic rings. The summed E-state index contributed by atoms with van der Waals surface area (Å²) >= 11 is 1.64. The molecule has 238 valence electrons. The molecule has 0 aliphatic rings. The van der Waals surface area contributed by atoms with Gasteiger partial charge in [0.2, 0.25) is 0 Å². The first-order valence-electron chi connectivity index (χ1n) is 15.9. The van der Waals surface area contributed by atoms with Crippen LogP contribution in [0.15, 0.2) is 0 Å². The van der Waals surface area contributed by atoms with Crippen LogP contribution in [0.1, 0.15) is 148 Å². The van der Waals surface area contributed by atoms with Crippen molar-refractivity contribution in [2.24, 2.45) is 0 Å². The van der Waals surface area contributed by atoms with Crippen LogP contribution in [0.4, 0.5) is 0 Å². The fourth-order valence-electron chi connectivity index (χ4n) is 4.54. The van der Waals surface area contributed by atoms with E-state index < -0.39 is 13.9 Å². The molecule has 0 aliphatic carbocycles. The van der Waals surface area contributed by atoms with Crippen molar-refractivity contribution in [3.8, 4) is 0 Å². The first-order chi connectivity index (χ1) is 19.4. The lowest BCUT2D eigenvalue weighted by Crippen LogP contribution is -2.25. The molecule has 0 saturated heterocycles. The van der Waals surface area contributed by atoms with Crippen LogP contribution in [0.5, 0.6) is 0 Å². The van der Waals surface area contributed by atoms with Gasteiger partial charge in [0.1, 0.15) is 6.10 Å². The Morgan fingerprint density at radius 2 is 1.23 bits per heavy atom. The number of thioether (sulfide) groups is 1. The van der Waals surface area contributed by atoms with Crippen molar-refractivity contribution in [2.75, 3.05) is 24.7 Å². The summed E-state index contributed by atoms with van der Waals surface area (Å²) < 4.78 is 26.0. The van der Waals surface area contributed by atoms with Gasteiger partial charge in [-0.1, -0.05) is 122 Å². The van der Waals surface area contributed by atoms with Gasteiger partial charge < -0.3 is 19.3 Å². The van der Waals surface area contributed by atoms with Gasteiger partial charge in [-0.2, -0.15) is 11.8 Å². The highest BCUT2D eigenvalue weighted by Gasteiger charge is 2.21. The fourth-order valence-corrected chi connectivity index (χ4v) is 5.90. The number of ether oxygens (including phenoxy) is 2. The molecule has 1 atom stereocenters. The van der Waals surface area contributed by atoms with Crippen LogP contribution < -0.4 is 0 Å². The van der Waals surface area contributed by atoms with Crippen LogP contribution in [-0.4, -0.2) is 53.1 Å². The van der Waals surface area contributed by atoms with Gasteiger partial charge in [-0.15, -0.1) is 0 Å². The predicted molar refractivity (Wildman–Crippen MR) is 164 cm³/mol. The highest BCUT2D eigenvalue weighted by molar-refractivity contribution is 7.99. The van der Waals surface area contributed by atoms with E-state index in [9.17, 15) is 14.2 Å². The molecule has 0 aromatic heterocycles. The zero-order chi connectivity index (χ0) is 29.6. The van der Waals surface area contributed by atoms with Crippen LogP contribution in [0.25, 0.3) is 0 Å². The molecule has 0 bridgehead atoms. The largest absolute Gasteiger partial charge is 0.469 e. The van der Waals surface area contributed by atoms with Crippen LogP contribution in [0, 0.1) is 0 Å². The SMILES string of the molecule is CCCCCCCCCCCCCC(=O)O[C@H](COP(=O)(O)O)CSCCCCCCCCCCCCOC=O. The van der Waals surface area contributed by atoms with Gasteiger partial charge in [0, 0.05) is 12.2 Å². The van der Waals surface area contributed by atoms with E-state index in [1.807, 2.05) is 0 Å². The summed E-state index contributed by atoms with van der Waals surface area (Å²) in [6.07, 6.45) is 24.6. The Hall–Kier alpha value is -0.600. The molecular weight excluding hydrogens is 551 g/mol. The van der Waals surface area contributed by atoms with E-state index in [-0.39, 0.29) is 12.6 Å². The third-order valence-corrected chi connectivity index (χ3v) is 8.55. The van der Waals surface area contributed by atoms with E-state index >= 15 is 0 Å². The first-order valence-corrected chi connectivity index (χ1v) is 18.6. The number of carbonyl (C=O) groups is 2. The zero-order valence-corrected chi connectivity index (χ0v) is 26.9. The molecule has 0 amide bonds. The number of phosphoric ester groups is 1. The second kappa shape index (κ2) is 29.9. The molecule has 0 rings (SSSR count). The van der Waals surface area contributed by atoms with Crippen molar-refractivity contribution < 1.29 is 37.9 Å². The number of hydrogen-bond acceptors (Lipinski definition) is 7. The number of carbonyl (C=O) groups excluding carboxylic acids is 2. The minimum atomic E-state index is -4.60. The van der Waals surface area contributed by atoms with Crippen molar-refractivity contribution in [1.82, 2.24) is 0 Å². The Bertz CT molecular complexity index is 617. The Morgan fingerprint density at radius 3 is 1.73 bits per heavy atom. The predicted octanol–water partition coefficient (Wildman–Crippen LogP) is 8.52. The number of hydrogen-bond donors (Lipinski definition) is 2. The summed E-state index contributed by atoms with van der Waals surface area (Å²) in [5.74, 6) is 1.08. The smallest absolute Gasteiger partial charge is 0.468 e. The lowest BCUT2D eigenvalue weighted by molar-refractivity contribution is -0.149. The van der Waals surface area contributed by atoms with Gasteiger partial charge in [0.15, 0.2) is 0 Å². The molecule has 0 heterocycles. The standard InChI is InChI=1S/C30H59O8PS/c1-2-3-4-5-6-7-8-11-14-17-20-23-30(32)38-29(26-37-39(33,34)35)27-40-25-22-19-16-13-10-9-12-15-18-21-24-36-28-31/h28-29H,2-27H2,1H3,(H2,33,34,35)/t29-/m1/s1. The molecule has 8 nitrogen and oxygen atoms in total. The first kappa shape index (κ1) is 39.4. The lowest BCUT2D eigenvalue weighted by Gasteiger charge is -2.18. The van der Waals surface area contributed by atoms with E-state index in [0.717, 1.165) is 50.7 Å². The van der Waals surface area contributed by atoms with Gasteiger partial charge in [-0.25, -0.2) is 4.57 Å². The maximum atomic E-state index is 12.3. The zero-order valence-electron chi connectivity index (χ0n) is 25.2. The molecular formula is C30H59O8PS.